The number of piperidine rings is 1. The minimum Gasteiger partial charge on any atom is -0.483 e. The first-order chi connectivity index (χ1) is 20.4. The molecule has 0 spiro atoms. The third-order valence-electron chi connectivity index (χ3n) is 8.73. The average molecular weight is 627 g/mol. The SMILES string of the molecule is CC(C)[C@H](NC(=O)C(F)(F)F)C(=O)N1C[C@H]2[C@@H]([C@H]1C(=O)N[C@@H](C[C@@H]1CC(=O)NC1=O)C(=O)COc1ccccc1F)C2(C)C. The molecule has 1 aromatic rings. The van der Waals surface area contributed by atoms with E-state index in [0.717, 1.165) is 11.0 Å². The Labute approximate surface area is 250 Å². The molecule has 1 saturated carbocycles. The summed E-state index contributed by atoms with van der Waals surface area (Å²) in [6.45, 7) is 5.98. The zero-order chi connectivity index (χ0) is 32.7. The quantitative estimate of drug-likeness (QED) is 0.249. The highest BCUT2D eigenvalue weighted by Gasteiger charge is 2.69. The predicted molar refractivity (Wildman–Crippen MR) is 144 cm³/mol. The number of para-hydroxylation sites is 1. The number of ketones is 1. The van der Waals surface area contributed by atoms with Crippen LogP contribution in [0.1, 0.15) is 40.5 Å². The number of alkyl halides is 3. The summed E-state index contributed by atoms with van der Waals surface area (Å²) in [4.78, 5) is 77.6. The lowest BCUT2D eigenvalue weighted by molar-refractivity contribution is -0.175. The van der Waals surface area contributed by atoms with E-state index >= 15 is 0 Å². The zero-order valence-electron chi connectivity index (χ0n) is 24.5. The molecule has 4 rings (SSSR count). The number of imide groups is 1. The molecule has 1 aliphatic carbocycles. The monoisotopic (exact) mass is 626 g/mol. The van der Waals surface area contributed by atoms with Crippen LogP contribution >= 0.6 is 0 Å². The Balaban J connectivity index is 1.56. The van der Waals surface area contributed by atoms with Crippen LogP contribution in [-0.4, -0.2) is 77.7 Å². The molecule has 44 heavy (non-hydrogen) atoms. The van der Waals surface area contributed by atoms with Crippen LogP contribution in [0.4, 0.5) is 17.6 Å². The molecule has 0 unspecified atom stereocenters. The van der Waals surface area contributed by atoms with E-state index in [0.29, 0.717) is 0 Å². The Morgan fingerprint density at radius 1 is 1.11 bits per heavy atom. The highest BCUT2D eigenvalue weighted by atomic mass is 19.4. The van der Waals surface area contributed by atoms with Crippen molar-refractivity contribution < 1.29 is 51.1 Å². The second-order valence-corrected chi connectivity index (χ2v) is 12.4. The van der Waals surface area contributed by atoms with Crippen molar-refractivity contribution in [2.24, 2.45) is 29.1 Å². The van der Waals surface area contributed by atoms with E-state index < -0.39 is 95.2 Å². The number of halogens is 4. The van der Waals surface area contributed by atoms with E-state index in [2.05, 4.69) is 10.6 Å². The third-order valence-corrected chi connectivity index (χ3v) is 8.73. The van der Waals surface area contributed by atoms with Crippen molar-refractivity contribution >= 4 is 35.3 Å². The Kier molecular flexibility index (Phi) is 9.08. The van der Waals surface area contributed by atoms with Gasteiger partial charge in [0.25, 0.3) is 0 Å². The maximum Gasteiger partial charge on any atom is 0.471 e. The molecule has 6 atom stereocenters. The third kappa shape index (κ3) is 6.70. The summed E-state index contributed by atoms with van der Waals surface area (Å²) in [5.74, 6) is -9.17. The lowest BCUT2D eigenvalue weighted by Gasteiger charge is -2.35. The van der Waals surface area contributed by atoms with E-state index in [1.807, 2.05) is 13.8 Å². The summed E-state index contributed by atoms with van der Waals surface area (Å²) < 4.78 is 58.4. The Morgan fingerprint density at radius 3 is 2.34 bits per heavy atom. The molecule has 5 amide bonds. The van der Waals surface area contributed by atoms with Crippen molar-refractivity contribution in [1.29, 1.82) is 0 Å². The number of rotatable bonds is 11. The molecule has 0 aromatic heterocycles. The fourth-order valence-corrected chi connectivity index (χ4v) is 6.15. The maximum atomic E-state index is 14.1. The number of hydrogen-bond acceptors (Lipinski definition) is 7. The molecule has 1 aromatic carbocycles. The van der Waals surface area contributed by atoms with Gasteiger partial charge >= 0.3 is 12.1 Å². The van der Waals surface area contributed by atoms with Crippen LogP contribution in [0.3, 0.4) is 0 Å². The molecule has 3 aliphatic rings. The minimum atomic E-state index is -5.23. The fraction of sp³-hybridized carbons (Fsp3) is 0.586. The molecule has 240 valence electrons. The summed E-state index contributed by atoms with van der Waals surface area (Å²) >= 11 is 0. The summed E-state index contributed by atoms with van der Waals surface area (Å²) in [6, 6.07) is 1.14. The number of ether oxygens (including phenoxy) is 1. The van der Waals surface area contributed by atoms with Crippen LogP contribution < -0.4 is 20.7 Å². The van der Waals surface area contributed by atoms with Crippen LogP contribution in [0, 0.1) is 34.9 Å². The van der Waals surface area contributed by atoms with Crippen molar-refractivity contribution in [3.8, 4) is 5.75 Å². The van der Waals surface area contributed by atoms with Crippen LogP contribution in [0.5, 0.6) is 5.75 Å². The standard InChI is InChI=1S/C29H34F4N4O7/c1-13(2)22(36-27(43)29(31,32)33)26(42)37-11-15-21(28(15,3)4)23(37)25(41)34-17(9-14-10-20(39)35-24(14)40)18(38)12-44-19-8-6-5-7-16(19)30/h5-8,13-15,17,21-23H,9-12H2,1-4H3,(H,34,41)(H,36,43)(H,35,39,40)/t14-,15+,17+,21+,22+,23+/m1/s1. The van der Waals surface area contributed by atoms with Crippen molar-refractivity contribution in [1.82, 2.24) is 20.9 Å². The number of carbonyl (C=O) groups excluding carboxylic acids is 6. The van der Waals surface area contributed by atoms with Crippen LogP contribution in [-0.2, 0) is 28.8 Å². The molecule has 3 fully saturated rings. The molecule has 3 N–H and O–H groups in total. The number of likely N-dealkylation sites (tertiary alicyclic amines) is 1. The van der Waals surface area contributed by atoms with Gasteiger partial charge in [-0.1, -0.05) is 39.8 Å². The number of fused-ring (bicyclic) bond motifs is 1. The molecule has 2 heterocycles. The Morgan fingerprint density at radius 2 is 1.77 bits per heavy atom. The van der Waals surface area contributed by atoms with Crippen LogP contribution in [0.25, 0.3) is 0 Å². The summed E-state index contributed by atoms with van der Waals surface area (Å²) in [7, 11) is 0. The molecule has 15 heteroatoms. The number of benzene rings is 1. The van der Waals surface area contributed by atoms with E-state index in [-0.39, 0.29) is 31.1 Å². The largest absolute Gasteiger partial charge is 0.483 e. The van der Waals surface area contributed by atoms with Gasteiger partial charge in [0.05, 0.1) is 6.04 Å². The second-order valence-electron chi connectivity index (χ2n) is 12.4. The predicted octanol–water partition coefficient (Wildman–Crippen LogP) is 1.50. The fourth-order valence-electron chi connectivity index (χ4n) is 6.15. The van der Waals surface area contributed by atoms with Crippen molar-refractivity contribution in [3.05, 3.63) is 30.1 Å². The van der Waals surface area contributed by atoms with Gasteiger partial charge in [-0.15, -0.1) is 0 Å². The van der Waals surface area contributed by atoms with Gasteiger partial charge in [0.15, 0.2) is 17.3 Å². The Hall–Kier alpha value is -4.04. The molecule has 11 nitrogen and oxygen atoms in total. The van der Waals surface area contributed by atoms with Gasteiger partial charge in [0.1, 0.15) is 18.7 Å². The summed E-state index contributed by atoms with van der Waals surface area (Å²) in [6.07, 6.45) is -5.75. The van der Waals surface area contributed by atoms with Gasteiger partial charge in [0.2, 0.25) is 23.6 Å². The summed E-state index contributed by atoms with van der Waals surface area (Å²) in [5, 5.41) is 6.43. The first-order valence-corrected chi connectivity index (χ1v) is 14.2. The van der Waals surface area contributed by atoms with Gasteiger partial charge in [-0.25, -0.2) is 4.39 Å². The topological polar surface area (TPSA) is 151 Å². The summed E-state index contributed by atoms with van der Waals surface area (Å²) in [5.41, 5.74) is -0.410. The van der Waals surface area contributed by atoms with E-state index in [4.69, 9.17) is 4.74 Å². The van der Waals surface area contributed by atoms with Gasteiger partial charge in [-0.2, -0.15) is 13.2 Å². The van der Waals surface area contributed by atoms with Crippen molar-refractivity contribution in [3.63, 3.8) is 0 Å². The highest BCUT2D eigenvalue weighted by Crippen LogP contribution is 2.65. The molecular formula is C29H34F4N4O7. The van der Waals surface area contributed by atoms with Crippen molar-refractivity contribution in [2.75, 3.05) is 13.2 Å². The van der Waals surface area contributed by atoms with Crippen LogP contribution in [0.15, 0.2) is 24.3 Å². The number of Topliss-reactive ketones (excluding diaryl/α,β-unsaturated/α-hetero) is 1. The average Bonchev–Trinajstić information content (AvgIpc) is 3.22. The second kappa shape index (κ2) is 12.2. The normalized spacial score (nSPS) is 25.2. The van der Waals surface area contributed by atoms with Crippen LogP contribution in [0.2, 0.25) is 0 Å². The first kappa shape index (κ1) is 32.9. The van der Waals surface area contributed by atoms with E-state index in [9.17, 15) is 46.3 Å². The van der Waals surface area contributed by atoms with Crippen molar-refractivity contribution in [2.45, 2.75) is 64.8 Å². The lowest BCUT2D eigenvalue weighted by atomic mass is 9.94. The minimum absolute atomic E-state index is 0.0359. The zero-order valence-corrected chi connectivity index (χ0v) is 24.5. The number of carbonyl (C=O) groups is 6. The Bertz CT molecular complexity index is 1370. The number of nitrogens with zero attached hydrogens (tertiary/aromatic N) is 1. The van der Waals surface area contributed by atoms with Gasteiger partial charge in [0, 0.05) is 18.9 Å². The maximum absolute atomic E-state index is 14.1. The lowest BCUT2D eigenvalue weighted by Crippen LogP contribution is -2.59. The number of hydrogen-bond donors (Lipinski definition) is 3. The molecular weight excluding hydrogens is 592 g/mol. The number of nitrogens with one attached hydrogen (secondary N) is 3. The van der Waals surface area contributed by atoms with Gasteiger partial charge in [-0.05, 0) is 41.7 Å². The molecule has 2 aliphatic heterocycles. The highest BCUT2D eigenvalue weighted by molar-refractivity contribution is 6.04. The van der Waals surface area contributed by atoms with E-state index in [1.165, 1.54) is 32.0 Å². The first-order valence-electron chi connectivity index (χ1n) is 14.2. The smallest absolute Gasteiger partial charge is 0.471 e. The van der Waals surface area contributed by atoms with Gasteiger partial charge < -0.3 is 20.3 Å². The number of amides is 5. The molecule has 2 saturated heterocycles. The molecule has 0 radical (unpaired) electrons. The van der Waals surface area contributed by atoms with E-state index in [1.54, 1.807) is 5.32 Å². The molecule has 0 bridgehead atoms. The van der Waals surface area contributed by atoms with Gasteiger partial charge in [-0.3, -0.25) is 34.1 Å².